The maximum Gasteiger partial charge on any atom is 0.304 e. The van der Waals surface area contributed by atoms with E-state index in [0.717, 1.165) is 0 Å². The maximum atomic E-state index is 11.0. The van der Waals surface area contributed by atoms with Gasteiger partial charge in [0, 0.05) is 20.0 Å². The molecule has 0 spiro atoms. The van der Waals surface area contributed by atoms with E-state index in [1.165, 1.54) is 6.92 Å². The summed E-state index contributed by atoms with van der Waals surface area (Å²) < 4.78 is 27.8. The van der Waals surface area contributed by atoms with Gasteiger partial charge in [-0.15, -0.1) is 0 Å². The lowest BCUT2D eigenvalue weighted by molar-refractivity contribution is -0.391. The van der Waals surface area contributed by atoms with Gasteiger partial charge in [0.2, 0.25) is 12.1 Å². The molecule has 0 unspecified atom stereocenters. The second-order valence-corrected chi connectivity index (χ2v) is 4.93. The molecule has 2 heterocycles. The minimum atomic E-state index is -0.968. The number of carbonyl (C=O) groups is 1. The summed E-state index contributed by atoms with van der Waals surface area (Å²) in [5.74, 6) is -2.03. The number of hydrogen-bond donors (Lipinski definition) is 0. The SMILES string of the molecule is CCO[C@@]12COC(C)(C)O[C@@H]1C[C@H](OC(C)=O)O2. The quantitative estimate of drug-likeness (QED) is 0.710. The van der Waals surface area contributed by atoms with Crippen LogP contribution in [0, 0.1) is 0 Å². The van der Waals surface area contributed by atoms with Gasteiger partial charge < -0.3 is 23.7 Å². The lowest BCUT2D eigenvalue weighted by Crippen LogP contribution is -2.57. The summed E-state index contributed by atoms with van der Waals surface area (Å²) in [5.41, 5.74) is 0. The van der Waals surface area contributed by atoms with Crippen molar-refractivity contribution in [1.82, 2.24) is 0 Å². The molecule has 0 aromatic carbocycles. The second-order valence-electron chi connectivity index (χ2n) is 4.93. The first-order valence-electron chi connectivity index (χ1n) is 6.18. The van der Waals surface area contributed by atoms with Crippen LogP contribution in [0.4, 0.5) is 0 Å². The average molecular weight is 260 g/mol. The molecule has 0 aliphatic carbocycles. The van der Waals surface area contributed by atoms with Crippen molar-refractivity contribution in [3.8, 4) is 0 Å². The Morgan fingerprint density at radius 2 is 2.11 bits per heavy atom. The van der Waals surface area contributed by atoms with Crippen molar-refractivity contribution in [1.29, 1.82) is 0 Å². The summed E-state index contributed by atoms with van der Waals surface area (Å²) in [6.45, 7) is 7.62. The fraction of sp³-hybridized carbons (Fsp3) is 0.917. The third-order valence-electron chi connectivity index (χ3n) is 2.96. The molecule has 0 radical (unpaired) electrons. The highest BCUT2D eigenvalue weighted by Gasteiger charge is 2.57. The van der Waals surface area contributed by atoms with Crippen molar-refractivity contribution in [2.24, 2.45) is 0 Å². The zero-order chi connectivity index (χ0) is 13.4. The van der Waals surface area contributed by atoms with Crippen LogP contribution in [0.1, 0.15) is 34.1 Å². The van der Waals surface area contributed by atoms with Gasteiger partial charge in [0.1, 0.15) is 12.7 Å². The molecule has 0 amide bonds. The smallest absolute Gasteiger partial charge is 0.304 e. The van der Waals surface area contributed by atoms with Gasteiger partial charge in [-0.2, -0.15) is 0 Å². The molecule has 0 saturated carbocycles. The minimum absolute atomic E-state index is 0.260. The summed E-state index contributed by atoms with van der Waals surface area (Å²) in [4.78, 5) is 11.0. The Bertz CT molecular complexity index is 329. The van der Waals surface area contributed by atoms with E-state index in [2.05, 4.69) is 0 Å². The number of rotatable bonds is 3. The molecule has 0 bridgehead atoms. The fourth-order valence-corrected chi connectivity index (χ4v) is 2.29. The Hall–Kier alpha value is -0.690. The highest BCUT2D eigenvalue weighted by Crippen LogP contribution is 2.41. The summed E-state index contributed by atoms with van der Waals surface area (Å²) in [6.07, 6.45) is -0.492. The van der Waals surface area contributed by atoms with Crippen LogP contribution in [0.2, 0.25) is 0 Å². The molecule has 0 aromatic heterocycles. The number of carbonyl (C=O) groups excluding carboxylic acids is 1. The van der Waals surface area contributed by atoms with E-state index in [1.807, 2.05) is 20.8 Å². The first kappa shape index (κ1) is 13.7. The summed E-state index contributed by atoms with van der Waals surface area (Å²) in [5, 5.41) is 0. The van der Waals surface area contributed by atoms with Gasteiger partial charge in [-0.05, 0) is 20.8 Å². The van der Waals surface area contributed by atoms with Crippen LogP contribution in [-0.4, -0.2) is 43.2 Å². The number of esters is 1. The maximum absolute atomic E-state index is 11.0. The molecule has 0 N–H and O–H groups in total. The van der Waals surface area contributed by atoms with Crippen molar-refractivity contribution in [3.05, 3.63) is 0 Å². The molecule has 2 rings (SSSR count). The van der Waals surface area contributed by atoms with E-state index in [0.29, 0.717) is 13.0 Å². The molecule has 2 saturated heterocycles. The van der Waals surface area contributed by atoms with Crippen LogP contribution in [0.25, 0.3) is 0 Å². The standard InChI is InChI=1S/C12H20O6/c1-5-14-12-7-15-11(3,4)17-9(12)6-10(18-12)16-8(2)13/h9-10H,5-7H2,1-4H3/t9-,10-,12-/m1/s1. The number of hydrogen-bond acceptors (Lipinski definition) is 6. The lowest BCUT2D eigenvalue weighted by atomic mass is 10.1. The van der Waals surface area contributed by atoms with Gasteiger partial charge in [-0.3, -0.25) is 4.79 Å². The van der Waals surface area contributed by atoms with Gasteiger partial charge in [0.15, 0.2) is 5.79 Å². The fourth-order valence-electron chi connectivity index (χ4n) is 2.29. The van der Waals surface area contributed by atoms with E-state index >= 15 is 0 Å². The zero-order valence-corrected chi connectivity index (χ0v) is 11.2. The van der Waals surface area contributed by atoms with Crippen molar-refractivity contribution in [3.63, 3.8) is 0 Å². The topological polar surface area (TPSA) is 63.2 Å². The van der Waals surface area contributed by atoms with Gasteiger partial charge in [-0.1, -0.05) is 0 Å². The minimum Gasteiger partial charge on any atom is -0.436 e. The molecule has 18 heavy (non-hydrogen) atoms. The van der Waals surface area contributed by atoms with Crippen molar-refractivity contribution in [2.75, 3.05) is 13.2 Å². The largest absolute Gasteiger partial charge is 0.436 e. The van der Waals surface area contributed by atoms with Crippen LogP contribution >= 0.6 is 0 Å². The Morgan fingerprint density at radius 3 is 2.72 bits per heavy atom. The predicted molar refractivity (Wildman–Crippen MR) is 60.5 cm³/mol. The summed E-state index contributed by atoms with van der Waals surface area (Å²) >= 11 is 0. The van der Waals surface area contributed by atoms with Gasteiger partial charge in [-0.25, -0.2) is 0 Å². The molecular formula is C12H20O6. The van der Waals surface area contributed by atoms with E-state index in [9.17, 15) is 4.79 Å². The monoisotopic (exact) mass is 260 g/mol. The highest BCUT2D eigenvalue weighted by molar-refractivity contribution is 5.66. The second kappa shape index (κ2) is 4.77. The molecule has 3 atom stereocenters. The van der Waals surface area contributed by atoms with Crippen molar-refractivity contribution in [2.45, 2.75) is 58.1 Å². The Labute approximate surface area is 106 Å². The first-order valence-corrected chi connectivity index (χ1v) is 6.18. The predicted octanol–water partition coefficient (Wildman–Crippen LogP) is 1.18. The molecule has 104 valence electrons. The van der Waals surface area contributed by atoms with E-state index in [4.69, 9.17) is 23.7 Å². The third-order valence-corrected chi connectivity index (χ3v) is 2.96. The van der Waals surface area contributed by atoms with Gasteiger partial charge in [0.25, 0.3) is 0 Å². The van der Waals surface area contributed by atoms with Crippen LogP contribution in [0.15, 0.2) is 0 Å². The number of ether oxygens (including phenoxy) is 5. The van der Waals surface area contributed by atoms with Crippen LogP contribution in [0.3, 0.4) is 0 Å². The molecule has 2 aliphatic rings. The first-order chi connectivity index (χ1) is 8.37. The Balaban J connectivity index is 2.11. The average Bonchev–Trinajstić information content (AvgIpc) is 2.54. The molecule has 2 fully saturated rings. The molecule has 2 aliphatic heterocycles. The third kappa shape index (κ3) is 2.66. The molecule has 6 heteroatoms. The molecule has 0 aromatic rings. The lowest BCUT2D eigenvalue weighted by Gasteiger charge is -2.43. The normalized spacial score (nSPS) is 38.2. The van der Waals surface area contributed by atoms with Crippen LogP contribution in [-0.2, 0) is 28.5 Å². The van der Waals surface area contributed by atoms with E-state index in [1.54, 1.807) is 0 Å². The number of fused-ring (bicyclic) bond motifs is 1. The van der Waals surface area contributed by atoms with Crippen LogP contribution in [0.5, 0.6) is 0 Å². The van der Waals surface area contributed by atoms with Gasteiger partial charge in [0.05, 0.1) is 0 Å². The van der Waals surface area contributed by atoms with Crippen molar-refractivity contribution >= 4 is 5.97 Å². The zero-order valence-electron chi connectivity index (χ0n) is 11.2. The molecular weight excluding hydrogens is 240 g/mol. The molecule has 6 nitrogen and oxygen atoms in total. The Morgan fingerprint density at radius 1 is 1.39 bits per heavy atom. The van der Waals surface area contributed by atoms with Crippen LogP contribution < -0.4 is 0 Å². The summed E-state index contributed by atoms with van der Waals surface area (Å²) in [6, 6.07) is 0. The summed E-state index contributed by atoms with van der Waals surface area (Å²) in [7, 11) is 0. The van der Waals surface area contributed by atoms with E-state index in [-0.39, 0.29) is 18.7 Å². The van der Waals surface area contributed by atoms with E-state index < -0.39 is 17.9 Å². The van der Waals surface area contributed by atoms with Crippen molar-refractivity contribution < 1.29 is 28.5 Å². The van der Waals surface area contributed by atoms with Gasteiger partial charge >= 0.3 is 5.97 Å². The Kier molecular flexibility index (Phi) is 3.64. The highest BCUT2D eigenvalue weighted by atomic mass is 16.8.